The van der Waals surface area contributed by atoms with Gasteiger partial charge < -0.3 is 10.1 Å². The topological polar surface area (TPSA) is 92.8 Å². The van der Waals surface area contributed by atoms with E-state index in [4.69, 9.17) is 4.74 Å². The van der Waals surface area contributed by atoms with E-state index in [1.165, 1.54) is 28.6 Å². The van der Waals surface area contributed by atoms with Crippen molar-refractivity contribution in [1.82, 2.24) is 4.31 Å². The Kier molecular flexibility index (Phi) is 6.87. The summed E-state index contributed by atoms with van der Waals surface area (Å²) < 4.78 is 46.8. The van der Waals surface area contributed by atoms with Gasteiger partial charge in [0.1, 0.15) is 10.0 Å². The lowest BCUT2D eigenvalue weighted by Crippen LogP contribution is -2.41. The number of hydrogen-bond donors (Lipinski definition) is 1. The third-order valence-electron chi connectivity index (χ3n) is 5.29. The Morgan fingerprint density at radius 1 is 1.09 bits per heavy atom. The van der Waals surface area contributed by atoms with Crippen molar-refractivity contribution in [2.45, 2.75) is 23.1 Å². The van der Waals surface area contributed by atoms with E-state index in [0.717, 1.165) is 22.5 Å². The fourth-order valence-electron chi connectivity index (χ4n) is 3.77. The van der Waals surface area contributed by atoms with Crippen LogP contribution in [-0.2, 0) is 30.8 Å². The molecule has 1 N–H and O–H groups in total. The molecule has 0 spiro atoms. The molecule has 0 radical (unpaired) electrons. The highest BCUT2D eigenvalue weighted by molar-refractivity contribution is 7.91. The molecule has 1 atom stereocenters. The molecule has 0 aliphatic carbocycles. The number of esters is 1. The second kappa shape index (κ2) is 9.82. The molecule has 33 heavy (non-hydrogen) atoms. The molecule has 7 nitrogen and oxygen atoms in total. The summed E-state index contributed by atoms with van der Waals surface area (Å²) in [6.45, 7) is -0.387. The Labute approximate surface area is 194 Å². The Hall–Kier alpha value is -3.08. The van der Waals surface area contributed by atoms with Crippen molar-refractivity contribution in [2.75, 3.05) is 18.5 Å². The van der Waals surface area contributed by atoms with Gasteiger partial charge in [-0.3, -0.25) is 9.59 Å². The molecule has 10 heteroatoms. The number of benzene rings is 2. The predicted molar refractivity (Wildman–Crippen MR) is 122 cm³/mol. The molecular weight excluding hydrogens is 467 g/mol. The number of carbonyl (C=O) groups excluding carboxylic acids is 2. The monoisotopic (exact) mass is 488 g/mol. The van der Waals surface area contributed by atoms with Crippen molar-refractivity contribution in [1.29, 1.82) is 0 Å². The fraction of sp³-hybridized carbons (Fsp3) is 0.217. The minimum atomic E-state index is -3.81. The van der Waals surface area contributed by atoms with Gasteiger partial charge in [0.25, 0.3) is 15.9 Å². The Morgan fingerprint density at radius 3 is 2.61 bits per heavy atom. The second-order valence-electron chi connectivity index (χ2n) is 7.41. The highest BCUT2D eigenvalue weighted by atomic mass is 32.2. The summed E-state index contributed by atoms with van der Waals surface area (Å²) >= 11 is 1.11. The average Bonchev–Trinajstić information content (AvgIpc) is 3.35. The number of halogens is 1. The van der Waals surface area contributed by atoms with Gasteiger partial charge in [-0.1, -0.05) is 42.5 Å². The normalized spacial score (nSPS) is 16.1. The van der Waals surface area contributed by atoms with Gasteiger partial charge in [-0.05, 0) is 41.1 Å². The second-order valence-corrected chi connectivity index (χ2v) is 10.5. The van der Waals surface area contributed by atoms with Crippen LogP contribution in [0, 0.1) is 5.82 Å². The molecule has 0 saturated carbocycles. The minimum Gasteiger partial charge on any atom is -0.456 e. The number of rotatable bonds is 7. The maximum absolute atomic E-state index is 13.7. The zero-order valence-corrected chi connectivity index (χ0v) is 19.1. The number of nitrogens with zero attached hydrogens (tertiary/aromatic N) is 1. The maximum atomic E-state index is 13.7. The van der Waals surface area contributed by atoms with Gasteiger partial charge in [0.2, 0.25) is 0 Å². The smallest absolute Gasteiger partial charge is 0.308 e. The number of amides is 1. The SMILES string of the molecule is O=C(COC(=O)C[C@H]1c2ccccc2CCN1S(=O)(=O)c1cccs1)Nc1ccccc1F. The molecule has 1 aromatic heterocycles. The lowest BCUT2D eigenvalue weighted by atomic mass is 9.92. The molecule has 0 saturated heterocycles. The summed E-state index contributed by atoms with van der Waals surface area (Å²) in [6, 6.07) is 15.4. The predicted octanol–water partition coefficient (Wildman–Crippen LogP) is 3.75. The van der Waals surface area contributed by atoms with Crippen molar-refractivity contribution in [3.63, 3.8) is 0 Å². The average molecular weight is 489 g/mol. The number of para-hydroxylation sites is 1. The number of hydrogen-bond acceptors (Lipinski definition) is 6. The van der Waals surface area contributed by atoms with Crippen LogP contribution < -0.4 is 5.32 Å². The molecule has 4 rings (SSSR count). The zero-order chi connectivity index (χ0) is 23.4. The van der Waals surface area contributed by atoms with Crippen molar-refractivity contribution < 1.29 is 27.1 Å². The summed E-state index contributed by atoms with van der Waals surface area (Å²) in [6.07, 6.45) is 0.270. The van der Waals surface area contributed by atoms with E-state index in [-0.39, 0.29) is 22.9 Å². The molecule has 0 bridgehead atoms. The first-order chi connectivity index (χ1) is 15.9. The molecule has 1 aliphatic heterocycles. The van der Waals surface area contributed by atoms with Crippen LogP contribution in [0.1, 0.15) is 23.6 Å². The molecule has 0 unspecified atom stereocenters. The summed E-state index contributed by atoms with van der Waals surface area (Å²) in [5, 5.41) is 4.02. The van der Waals surface area contributed by atoms with Crippen LogP contribution in [0.5, 0.6) is 0 Å². The third kappa shape index (κ3) is 5.13. The first-order valence-corrected chi connectivity index (χ1v) is 12.5. The van der Waals surface area contributed by atoms with Crippen LogP contribution in [0.2, 0.25) is 0 Å². The van der Waals surface area contributed by atoms with Crippen LogP contribution in [0.25, 0.3) is 0 Å². The van der Waals surface area contributed by atoms with E-state index in [9.17, 15) is 22.4 Å². The molecule has 2 aromatic carbocycles. The molecule has 2 heterocycles. The summed E-state index contributed by atoms with van der Waals surface area (Å²) in [5.41, 5.74) is 1.68. The fourth-order valence-corrected chi connectivity index (χ4v) is 6.49. The number of thiophene rings is 1. The number of fused-ring (bicyclic) bond motifs is 1. The Balaban J connectivity index is 1.48. The van der Waals surface area contributed by atoms with Gasteiger partial charge in [-0.25, -0.2) is 12.8 Å². The molecule has 172 valence electrons. The van der Waals surface area contributed by atoms with Crippen LogP contribution in [0.3, 0.4) is 0 Å². The van der Waals surface area contributed by atoms with E-state index in [2.05, 4.69) is 5.32 Å². The highest BCUT2D eigenvalue weighted by Crippen LogP contribution is 2.37. The van der Waals surface area contributed by atoms with Crippen LogP contribution >= 0.6 is 11.3 Å². The van der Waals surface area contributed by atoms with Gasteiger partial charge in [-0.2, -0.15) is 4.31 Å². The maximum Gasteiger partial charge on any atom is 0.308 e. The van der Waals surface area contributed by atoms with E-state index in [0.29, 0.717) is 6.42 Å². The highest BCUT2D eigenvalue weighted by Gasteiger charge is 2.38. The van der Waals surface area contributed by atoms with E-state index in [1.807, 2.05) is 12.1 Å². The summed E-state index contributed by atoms with van der Waals surface area (Å²) in [7, 11) is -3.81. The van der Waals surface area contributed by atoms with Crippen molar-refractivity contribution in [3.05, 3.63) is 83.0 Å². The number of carbonyl (C=O) groups is 2. The molecular formula is C23H21FN2O5S2. The van der Waals surface area contributed by atoms with Gasteiger partial charge in [0.15, 0.2) is 6.61 Å². The van der Waals surface area contributed by atoms with Crippen LogP contribution in [0.4, 0.5) is 10.1 Å². The summed E-state index contributed by atoms with van der Waals surface area (Å²) in [5.74, 6) is -2.03. The molecule has 0 fully saturated rings. The van der Waals surface area contributed by atoms with E-state index >= 15 is 0 Å². The Bertz CT molecular complexity index is 1260. The van der Waals surface area contributed by atoms with E-state index < -0.39 is 40.4 Å². The third-order valence-corrected chi connectivity index (χ3v) is 8.57. The quantitative estimate of drug-likeness (QED) is 0.512. The minimum absolute atomic E-state index is 0.0204. The van der Waals surface area contributed by atoms with Gasteiger partial charge >= 0.3 is 5.97 Å². The standard InChI is InChI=1S/C23H21FN2O5S2/c24-18-8-3-4-9-19(18)25-21(27)15-31-22(28)14-20-17-7-2-1-6-16(17)11-12-26(20)33(29,30)23-10-5-13-32-23/h1-10,13,20H,11-12,14-15H2,(H,25,27)/t20-/m0/s1. The van der Waals surface area contributed by atoms with Crippen LogP contribution in [-0.4, -0.2) is 37.8 Å². The molecule has 1 aliphatic rings. The number of nitrogens with one attached hydrogen (secondary N) is 1. The van der Waals surface area contributed by atoms with Gasteiger partial charge in [0, 0.05) is 6.54 Å². The van der Waals surface area contributed by atoms with Gasteiger partial charge in [0.05, 0.1) is 18.2 Å². The largest absolute Gasteiger partial charge is 0.456 e. The lowest BCUT2D eigenvalue weighted by molar-refractivity contribution is -0.148. The van der Waals surface area contributed by atoms with Crippen molar-refractivity contribution >= 4 is 38.9 Å². The zero-order valence-electron chi connectivity index (χ0n) is 17.4. The van der Waals surface area contributed by atoms with Gasteiger partial charge in [-0.15, -0.1) is 11.3 Å². The van der Waals surface area contributed by atoms with Crippen molar-refractivity contribution in [3.8, 4) is 0 Å². The number of ether oxygens (including phenoxy) is 1. The number of sulfonamides is 1. The number of anilines is 1. The molecule has 1 amide bonds. The first kappa shape index (κ1) is 23.1. The Morgan fingerprint density at radius 2 is 1.85 bits per heavy atom. The van der Waals surface area contributed by atoms with E-state index in [1.54, 1.807) is 29.6 Å². The lowest BCUT2D eigenvalue weighted by Gasteiger charge is -2.35. The first-order valence-electron chi connectivity index (χ1n) is 10.2. The van der Waals surface area contributed by atoms with Crippen molar-refractivity contribution in [2.24, 2.45) is 0 Å². The van der Waals surface area contributed by atoms with Crippen LogP contribution in [0.15, 0.2) is 70.3 Å². The summed E-state index contributed by atoms with van der Waals surface area (Å²) in [4.78, 5) is 24.7. The molecule has 3 aromatic rings.